The van der Waals surface area contributed by atoms with Gasteiger partial charge in [0, 0.05) is 12.7 Å². The zero-order valence-electron chi connectivity index (χ0n) is 7.33. The molecule has 0 aromatic heterocycles. The predicted molar refractivity (Wildman–Crippen MR) is 52.3 cm³/mol. The van der Waals surface area contributed by atoms with Crippen LogP contribution < -0.4 is 16.0 Å². The maximum absolute atomic E-state index is 5.66. The Labute approximate surface area is 72.2 Å². The molecule has 3 nitrogen and oxygen atoms in total. The Balaban J connectivity index is 2.47. The summed E-state index contributed by atoms with van der Waals surface area (Å²) in [6.45, 7) is 2.12. The molecule has 12 heavy (non-hydrogen) atoms. The Morgan fingerprint density at radius 1 is 1.50 bits per heavy atom. The van der Waals surface area contributed by atoms with E-state index >= 15 is 0 Å². The minimum Gasteiger partial charge on any atom is -0.399 e. The lowest BCUT2D eigenvalue weighted by Crippen LogP contribution is -2.28. The van der Waals surface area contributed by atoms with Crippen molar-refractivity contribution in [2.75, 3.05) is 23.0 Å². The van der Waals surface area contributed by atoms with Crippen LogP contribution in [-0.4, -0.2) is 13.2 Å². The van der Waals surface area contributed by atoms with Crippen molar-refractivity contribution in [2.24, 2.45) is 0 Å². The predicted octanol–water partition coefficient (Wildman–Crippen LogP) is 1.48. The molecule has 1 aromatic carbocycles. The number of nitrogens with two attached hydrogens (primary N) is 1. The number of nitrogens with one attached hydrogen (secondary N) is 1. The first-order chi connectivity index (χ1) is 5.68. The van der Waals surface area contributed by atoms with Gasteiger partial charge in [-0.2, -0.15) is 0 Å². The van der Waals surface area contributed by atoms with Crippen LogP contribution in [0.2, 0.25) is 0 Å². The summed E-state index contributed by atoms with van der Waals surface area (Å²) in [5, 5.41) is 3.33. The van der Waals surface area contributed by atoms with Crippen LogP contribution in [0.5, 0.6) is 0 Å². The van der Waals surface area contributed by atoms with Gasteiger partial charge in [-0.3, -0.25) is 0 Å². The molecule has 3 heteroatoms. The molecule has 1 atom stereocenters. The fourth-order valence-electron chi connectivity index (χ4n) is 1.51. The zero-order valence-corrected chi connectivity index (χ0v) is 7.33. The normalized spacial score (nSPS) is 20.5. The second-order valence-corrected chi connectivity index (χ2v) is 3.21. The van der Waals surface area contributed by atoms with Gasteiger partial charge in [-0.25, -0.2) is 0 Å². The van der Waals surface area contributed by atoms with E-state index in [0.717, 1.165) is 11.4 Å². The molecule has 0 aliphatic carbocycles. The van der Waals surface area contributed by atoms with Gasteiger partial charge in [0.2, 0.25) is 0 Å². The molecule has 1 aliphatic heterocycles. The number of anilines is 3. The maximum atomic E-state index is 5.66. The van der Waals surface area contributed by atoms with Crippen LogP contribution in [0.15, 0.2) is 18.2 Å². The summed E-state index contributed by atoms with van der Waals surface area (Å²) in [5.74, 6) is 0. The van der Waals surface area contributed by atoms with Gasteiger partial charge in [0.25, 0.3) is 0 Å². The number of rotatable bonds is 0. The minimum atomic E-state index is 0.363. The highest BCUT2D eigenvalue weighted by molar-refractivity contribution is 5.78. The van der Waals surface area contributed by atoms with E-state index in [2.05, 4.69) is 24.2 Å². The summed E-state index contributed by atoms with van der Waals surface area (Å²) in [6, 6.07) is 5.94. The van der Waals surface area contributed by atoms with E-state index in [9.17, 15) is 0 Å². The standard InChI is InChI=1S/C9H13N3/c1-6-11-8-5-7(10)3-4-9(8)12(6)2/h3-6,11H,10H2,1-2H3. The van der Waals surface area contributed by atoms with E-state index in [0.29, 0.717) is 6.17 Å². The van der Waals surface area contributed by atoms with Crippen molar-refractivity contribution >= 4 is 17.1 Å². The Hall–Kier alpha value is -1.38. The van der Waals surface area contributed by atoms with Crippen LogP contribution in [-0.2, 0) is 0 Å². The fourth-order valence-corrected chi connectivity index (χ4v) is 1.51. The molecular weight excluding hydrogens is 150 g/mol. The van der Waals surface area contributed by atoms with Gasteiger partial charge < -0.3 is 16.0 Å². The fraction of sp³-hybridized carbons (Fsp3) is 0.333. The summed E-state index contributed by atoms with van der Waals surface area (Å²) in [7, 11) is 2.07. The molecular formula is C9H13N3. The summed E-state index contributed by atoms with van der Waals surface area (Å²) in [6.07, 6.45) is 0.363. The first-order valence-corrected chi connectivity index (χ1v) is 4.07. The topological polar surface area (TPSA) is 41.3 Å². The smallest absolute Gasteiger partial charge is 0.0959 e. The van der Waals surface area contributed by atoms with Gasteiger partial charge in [0.1, 0.15) is 0 Å². The van der Waals surface area contributed by atoms with E-state index in [4.69, 9.17) is 5.73 Å². The van der Waals surface area contributed by atoms with Crippen molar-refractivity contribution in [3.63, 3.8) is 0 Å². The molecule has 0 radical (unpaired) electrons. The molecule has 0 saturated carbocycles. The van der Waals surface area contributed by atoms with Crippen LogP contribution in [0.1, 0.15) is 6.92 Å². The van der Waals surface area contributed by atoms with E-state index < -0.39 is 0 Å². The lowest BCUT2D eigenvalue weighted by atomic mass is 10.2. The van der Waals surface area contributed by atoms with Gasteiger partial charge in [-0.1, -0.05) is 0 Å². The second-order valence-electron chi connectivity index (χ2n) is 3.21. The maximum Gasteiger partial charge on any atom is 0.0959 e. The van der Waals surface area contributed by atoms with Gasteiger partial charge in [-0.15, -0.1) is 0 Å². The molecule has 3 N–H and O–H groups in total. The molecule has 64 valence electrons. The van der Waals surface area contributed by atoms with Crippen molar-refractivity contribution in [2.45, 2.75) is 13.1 Å². The SMILES string of the molecule is CC1Nc2cc(N)ccc2N1C. The lowest BCUT2D eigenvalue weighted by molar-refractivity contribution is 0.806. The van der Waals surface area contributed by atoms with Crippen LogP contribution in [0.3, 0.4) is 0 Å². The summed E-state index contributed by atoms with van der Waals surface area (Å²) in [5.41, 5.74) is 8.82. The summed E-state index contributed by atoms with van der Waals surface area (Å²) < 4.78 is 0. The number of fused-ring (bicyclic) bond motifs is 1. The highest BCUT2D eigenvalue weighted by Gasteiger charge is 2.20. The van der Waals surface area contributed by atoms with Gasteiger partial charge in [-0.05, 0) is 25.1 Å². The van der Waals surface area contributed by atoms with Crippen molar-refractivity contribution < 1.29 is 0 Å². The summed E-state index contributed by atoms with van der Waals surface area (Å²) >= 11 is 0. The van der Waals surface area contributed by atoms with Crippen LogP contribution in [0.4, 0.5) is 17.1 Å². The molecule has 0 amide bonds. The van der Waals surface area contributed by atoms with Crippen molar-refractivity contribution in [3.8, 4) is 0 Å². The van der Waals surface area contributed by atoms with Crippen LogP contribution >= 0.6 is 0 Å². The first kappa shape index (κ1) is 7.28. The van der Waals surface area contributed by atoms with Gasteiger partial charge in [0.15, 0.2) is 0 Å². The molecule has 1 heterocycles. The Bertz CT molecular complexity index is 309. The third-order valence-corrected chi connectivity index (χ3v) is 2.35. The monoisotopic (exact) mass is 163 g/mol. The van der Waals surface area contributed by atoms with Crippen molar-refractivity contribution in [1.29, 1.82) is 0 Å². The van der Waals surface area contributed by atoms with Crippen molar-refractivity contribution in [1.82, 2.24) is 0 Å². The number of nitrogens with zero attached hydrogens (tertiary/aromatic N) is 1. The molecule has 1 aliphatic rings. The molecule has 0 bridgehead atoms. The molecule has 0 spiro atoms. The van der Waals surface area contributed by atoms with E-state index in [1.165, 1.54) is 5.69 Å². The number of hydrogen-bond donors (Lipinski definition) is 2. The Morgan fingerprint density at radius 3 is 3.00 bits per heavy atom. The van der Waals surface area contributed by atoms with Gasteiger partial charge in [0.05, 0.1) is 17.5 Å². The highest BCUT2D eigenvalue weighted by atomic mass is 15.3. The van der Waals surface area contributed by atoms with Gasteiger partial charge >= 0.3 is 0 Å². The zero-order chi connectivity index (χ0) is 8.72. The van der Waals surface area contributed by atoms with Crippen LogP contribution in [0, 0.1) is 0 Å². The molecule has 1 unspecified atom stereocenters. The van der Waals surface area contributed by atoms with Crippen molar-refractivity contribution in [3.05, 3.63) is 18.2 Å². The number of nitrogen functional groups attached to an aromatic ring is 1. The quantitative estimate of drug-likeness (QED) is 0.569. The first-order valence-electron chi connectivity index (χ1n) is 4.07. The highest BCUT2D eigenvalue weighted by Crippen LogP contribution is 2.34. The van der Waals surface area contributed by atoms with E-state index in [-0.39, 0.29) is 0 Å². The Kier molecular flexibility index (Phi) is 1.40. The second kappa shape index (κ2) is 2.30. The van der Waals surface area contributed by atoms with Crippen LogP contribution in [0.25, 0.3) is 0 Å². The Morgan fingerprint density at radius 2 is 2.25 bits per heavy atom. The average molecular weight is 163 g/mol. The third-order valence-electron chi connectivity index (χ3n) is 2.35. The molecule has 1 aromatic rings. The third kappa shape index (κ3) is 0.897. The number of benzene rings is 1. The average Bonchev–Trinajstić information content (AvgIpc) is 2.28. The molecule has 0 saturated heterocycles. The molecule has 0 fully saturated rings. The largest absolute Gasteiger partial charge is 0.399 e. The van der Waals surface area contributed by atoms with E-state index in [1.54, 1.807) is 0 Å². The molecule has 2 rings (SSSR count). The number of hydrogen-bond acceptors (Lipinski definition) is 3. The van der Waals surface area contributed by atoms with E-state index in [1.807, 2.05) is 18.2 Å². The lowest BCUT2D eigenvalue weighted by Gasteiger charge is -2.16. The minimum absolute atomic E-state index is 0.363. The summed E-state index contributed by atoms with van der Waals surface area (Å²) in [4.78, 5) is 2.19.